The lowest BCUT2D eigenvalue weighted by atomic mass is 10.0. The third-order valence-corrected chi connectivity index (χ3v) is 6.62. The number of para-hydroxylation sites is 1. The number of aromatic nitrogens is 3. The number of carbonyl (C=O) groups is 1. The Morgan fingerprint density at radius 1 is 1.17 bits per heavy atom. The normalized spacial score (nSPS) is 13.9. The number of anilines is 1. The van der Waals surface area contributed by atoms with Crippen LogP contribution in [0.2, 0.25) is 0 Å². The molecular formula is C25H29N4O5S+. The molecule has 0 saturated carbocycles. The van der Waals surface area contributed by atoms with Crippen LogP contribution in [0.25, 0.3) is 11.3 Å². The number of hydrogen-bond donors (Lipinski definition) is 3. The van der Waals surface area contributed by atoms with E-state index in [0.29, 0.717) is 22.3 Å². The molecule has 1 atom stereocenters. The highest BCUT2D eigenvalue weighted by Gasteiger charge is 2.38. The van der Waals surface area contributed by atoms with Gasteiger partial charge in [-0.25, -0.2) is 4.79 Å². The Labute approximate surface area is 207 Å². The largest absolute Gasteiger partial charge is 0.493 e. The molecule has 1 aliphatic heterocycles. The van der Waals surface area contributed by atoms with E-state index in [1.807, 2.05) is 30.3 Å². The van der Waals surface area contributed by atoms with E-state index < -0.39 is 18.7 Å². The monoisotopic (exact) mass is 497 g/mol. The van der Waals surface area contributed by atoms with Crippen molar-refractivity contribution in [3.05, 3.63) is 58.4 Å². The number of nitrogens with zero attached hydrogens (tertiary/aromatic N) is 2. The van der Waals surface area contributed by atoms with Crippen LogP contribution >= 0.6 is 11.8 Å². The number of aliphatic carboxylic acids is 1. The Bertz CT molecular complexity index is 1260. The van der Waals surface area contributed by atoms with Crippen LogP contribution in [0.4, 0.5) is 5.69 Å². The first-order chi connectivity index (χ1) is 17.0. The highest BCUT2D eigenvalue weighted by atomic mass is 32.2. The molecule has 2 heterocycles. The van der Waals surface area contributed by atoms with Crippen LogP contribution in [0, 0.1) is 0 Å². The molecule has 0 saturated heterocycles. The van der Waals surface area contributed by atoms with Gasteiger partial charge in [0.15, 0.2) is 18.1 Å². The van der Waals surface area contributed by atoms with Crippen molar-refractivity contribution in [1.29, 1.82) is 0 Å². The van der Waals surface area contributed by atoms with Gasteiger partial charge in [-0.3, -0.25) is 9.78 Å². The number of hydrogen-bond acceptors (Lipinski definition) is 7. The van der Waals surface area contributed by atoms with E-state index in [1.165, 1.54) is 20.0 Å². The fourth-order valence-corrected chi connectivity index (χ4v) is 4.84. The van der Waals surface area contributed by atoms with Crippen LogP contribution in [0.1, 0.15) is 44.3 Å². The number of methoxy groups -OCH3 is 1. The van der Waals surface area contributed by atoms with Gasteiger partial charge in [-0.05, 0) is 41.4 Å². The first kappa shape index (κ1) is 24.6. The zero-order valence-corrected chi connectivity index (χ0v) is 20.6. The van der Waals surface area contributed by atoms with Crippen molar-refractivity contribution < 1.29 is 24.1 Å². The molecule has 2 aromatic carbocycles. The predicted octanol–water partition coefficient (Wildman–Crippen LogP) is 3.84. The van der Waals surface area contributed by atoms with Gasteiger partial charge in [0.2, 0.25) is 5.16 Å². The molecule has 4 rings (SSSR count). The second kappa shape index (κ2) is 11.3. The number of unbranched alkanes of at least 4 members (excludes halogenated alkanes) is 3. The number of benzene rings is 2. The average Bonchev–Trinajstić information content (AvgIpc) is 2.86. The van der Waals surface area contributed by atoms with Crippen LogP contribution in [-0.4, -0.2) is 40.6 Å². The Morgan fingerprint density at radius 2 is 2.00 bits per heavy atom. The minimum atomic E-state index is -1.07. The second-order valence-corrected chi connectivity index (χ2v) is 9.23. The highest BCUT2D eigenvalue weighted by molar-refractivity contribution is 7.99. The first-order valence-electron chi connectivity index (χ1n) is 11.6. The molecule has 0 aliphatic carbocycles. The van der Waals surface area contributed by atoms with Gasteiger partial charge in [0, 0.05) is 16.4 Å². The number of fused-ring (bicyclic) bond motifs is 3. The van der Waals surface area contributed by atoms with Crippen molar-refractivity contribution in [3.8, 4) is 22.8 Å². The van der Waals surface area contributed by atoms with E-state index >= 15 is 0 Å². The summed E-state index contributed by atoms with van der Waals surface area (Å²) in [5.41, 5.74) is 2.62. The van der Waals surface area contributed by atoms with Gasteiger partial charge < -0.3 is 19.9 Å². The molecule has 10 heteroatoms. The summed E-state index contributed by atoms with van der Waals surface area (Å²) in [5, 5.41) is 17.8. The number of rotatable bonds is 11. The zero-order valence-electron chi connectivity index (χ0n) is 19.7. The number of aromatic amines is 1. The number of ether oxygens (including phenoxy) is 2. The third kappa shape index (κ3) is 5.59. The summed E-state index contributed by atoms with van der Waals surface area (Å²) in [5.74, 6) is 0.513. The molecule has 0 unspecified atom stereocenters. The van der Waals surface area contributed by atoms with Crippen LogP contribution in [0.15, 0.2) is 52.4 Å². The highest BCUT2D eigenvalue weighted by Crippen LogP contribution is 2.35. The van der Waals surface area contributed by atoms with Crippen LogP contribution in [0.3, 0.4) is 0 Å². The Morgan fingerprint density at radius 3 is 2.77 bits per heavy atom. The molecule has 0 amide bonds. The summed E-state index contributed by atoms with van der Waals surface area (Å²) in [6.45, 7) is 1.70. The average molecular weight is 498 g/mol. The van der Waals surface area contributed by atoms with Crippen molar-refractivity contribution >= 4 is 23.4 Å². The zero-order chi connectivity index (χ0) is 24.8. The standard InChI is InChI=1S/C25H28N4O5S/c1-3-4-5-8-13-35-25-27-24(32)22-17-9-6-7-10-18(17)26-23(29(22)28-25)16-11-12-19(20(14-16)33-2)34-15-21(30)31/h6-7,9-12,14,23H,3-5,8,13,15H2,1-2H3,(H2,27,28,30,31,32)/p+1/t23-/m0/s1. The fraction of sp³-hybridized carbons (Fsp3) is 0.360. The first-order valence-corrected chi connectivity index (χ1v) is 12.6. The van der Waals surface area contributed by atoms with Crippen LogP contribution in [-0.2, 0) is 4.79 Å². The maximum Gasteiger partial charge on any atom is 0.341 e. The molecular weight excluding hydrogens is 468 g/mol. The maximum absolute atomic E-state index is 13.2. The Kier molecular flexibility index (Phi) is 7.91. The SMILES string of the molecule is CCCCCCSc1n[n+]2c(c(=O)[nH]1)-c1ccccc1N[C@@H]2c1ccc(OCC(=O)O)c(OC)c1. The van der Waals surface area contributed by atoms with Gasteiger partial charge in [-0.1, -0.05) is 50.1 Å². The van der Waals surface area contributed by atoms with Crippen molar-refractivity contribution in [2.75, 3.05) is 24.8 Å². The molecule has 3 aromatic rings. The summed E-state index contributed by atoms with van der Waals surface area (Å²) in [7, 11) is 1.49. The predicted molar refractivity (Wildman–Crippen MR) is 133 cm³/mol. The smallest absolute Gasteiger partial charge is 0.341 e. The summed E-state index contributed by atoms with van der Waals surface area (Å²) in [6.07, 6.45) is 4.10. The second-order valence-electron chi connectivity index (χ2n) is 8.15. The van der Waals surface area contributed by atoms with E-state index in [1.54, 1.807) is 28.6 Å². The summed E-state index contributed by atoms with van der Waals surface area (Å²) in [6, 6.07) is 12.8. The van der Waals surface area contributed by atoms with Gasteiger partial charge >= 0.3 is 17.2 Å². The molecule has 184 valence electrons. The number of carboxylic acids is 1. The Balaban J connectivity index is 1.71. The van der Waals surface area contributed by atoms with Gasteiger partial charge in [-0.2, -0.15) is 0 Å². The van der Waals surface area contributed by atoms with Crippen molar-refractivity contribution in [2.24, 2.45) is 0 Å². The quantitative estimate of drug-likeness (QED) is 0.208. The van der Waals surface area contributed by atoms with E-state index in [-0.39, 0.29) is 5.56 Å². The molecule has 35 heavy (non-hydrogen) atoms. The van der Waals surface area contributed by atoms with Gasteiger partial charge in [0.25, 0.3) is 6.17 Å². The van der Waals surface area contributed by atoms with Crippen molar-refractivity contribution in [2.45, 2.75) is 43.9 Å². The number of nitrogens with one attached hydrogen (secondary N) is 2. The van der Waals surface area contributed by atoms with Gasteiger partial charge in [-0.15, -0.1) is 0 Å². The van der Waals surface area contributed by atoms with E-state index in [4.69, 9.17) is 19.7 Å². The molecule has 1 aliphatic rings. The number of thioether (sulfide) groups is 1. The van der Waals surface area contributed by atoms with E-state index in [2.05, 4.69) is 17.2 Å². The molecule has 3 N–H and O–H groups in total. The van der Waals surface area contributed by atoms with Crippen molar-refractivity contribution in [1.82, 2.24) is 10.1 Å². The van der Waals surface area contributed by atoms with Gasteiger partial charge in [0.1, 0.15) is 0 Å². The molecule has 9 nitrogen and oxygen atoms in total. The molecule has 1 aromatic heterocycles. The van der Waals surface area contributed by atoms with Crippen LogP contribution in [0.5, 0.6) is 11.5 Å². The summed E-state index contributed by atoms with van der Waals surface area (Å²) < 4.78 is 12.5. The summed E-state index contributed by atoms with van der Waals surface area (Å²) in [4.78, 5) is 27.1. The molecule has 0 fully saturated rings. The lowest BCUT2D eigenvalue weighted by molar-refractivity contribution is -0.759. The molecule has 0 spiro atoms. The lowest BCUT2D eigenvalue weighted by Crippen LogP contribution is -2.55. The van der Waals surface area contributed by atoms with Gasteiger partial charge in [0.05, 0.1) is 18.4 Å². The minimum Gasteiger partial charge on any atom is -0.493 e. The molecule has 0 radical (unpaired) electrons. The Hall–Kier alpha value is -3.53. The third-order valence-electron chi connectivity index (χ3n) is 5.67. The number of carboxylic acid groups (broad SMARTS) is 1. The summed E-state index contributed by atoms with van der Waals surface area (Å²) >= 11 is 1.54. The topological polar surface area (TPSA) is 117 Å². The lowest BCUT2D eigenvalue weighted by Gasteiger charge is -2.23. The van der Waals surface area contributed by atoms with E-state index in [0.717, 1.165) is 35.4 Å². The van der Waals surface area contributed by atoms with Crippen molar-refractivity contribution in [3.63, 3.8) is 0 Å². The minimum absolute atomic E-state index is 0.205. The molecule has 0 bridgehead atoms. The van der Waals surface area contributed by atoms with E-state index in [9.17, 15) is 9.59 Å². The van der Waals surface area contributed by atoms with Crippen LogP contribution < -0.4 is 25.0 Å². The fourth-order valence-electron chi connectivity index (χ4n) is 3.99. The maximum atomic E-state index is 13.2. The number of H-pyrrole nitrogens is 1.